The first-order chi connectivity index (χ1) is 12.9. The van der Waals surface area contributed by atoms with Crippen molar-refractivity contribution in [3.8, 4) is 0 Å². The maximum atomic E-state index is 13.0. The van der Waals surface area contributed by atoms with E-state index in [1.54, 1.807) is 52.7 Å². The number of hydrogen-bond acceptors (Lipinski definition) is 6. The number of nitrogens with zero attached hydrogens (tertiary/aromatic N) is 1. The Bertz CT molecular complexity index is 795. The number of carbonyl (C=O) groups excluding carboxylic acids is 3. The quantitative estimate of drug-likeness (QED) is 0.774. The van der Waals surface area contributed by atoms with Gasteiger partial charge in [0.05, 0.1) is 36.1 Å². The van der Waals surface area contributed by atoms with Gasteiger partial charge in [-0.15, -0.1) is 0 Å². The average Bonchev–Trinajstić information content (AvgIpc) is 2.77. The van der Waals surface area contributed by atoms with Crippen molar-refractivity contribution in [2.45, 2.75) is 45.6 Å². The van der Waals surface area contributed by atoms with Crippen molar-refractivity contribution < 1.29 is 28.6 Å². The molecule has 0 saturated heterocycles. The molecule has 0 bridgehead atoms. The van der Waals surface area contributed by atoms with Gasteiger partial charge in [0.25, 0.3) is 0 Å². The Balaban J connectivity index is 2.59. The minimum atomic E-state index is -0.901. The summed E-state index contributed by atoms with van der Waals surface area (Å²) in [6.45, 7) is 9.46. The van der Waals surface area contributed by atoms with Gasteiger partial charge in [0.2, 0.25) is 5.91 Å². The second kappa shape index (κ2) is 7.79. The van der Waals surface area contributed by atoms with E-state index in [0.717, 1.165) is 0 Å². The van der Waals surface area contributed by atoms with Crippen LogP contribution < -0.4 is 10.2 Å². The molecule has 0 unspecified atom stereocenters. The molecule has 1 aromatic carbocycles. The van der Waals surface area contributed by atoms with E-state index >= 15 is 0 Å². The van der Waals surface area contributed by atoms with Gasteiger partial charge in [-0.3, -0.25) is 10.1 Å². The normalized spacial score (nSPS) is 15.2. The zero-order chi connectivity index (χ0) is 21.3. The maximum absolute atomic E-state index is 13.0. The number of esters is 1. The van der Waals surface area contributed by atoms with Crippen molar-refractivity contribution in [2.24, 2.45) is 0 Å². The Labute approximate surface area is 165 Å². The number of anilines is 2. The molecule has 0 atom stereocenters. The van der Waals surface area contributed by atoms with E-state index in [1.807, 2.05) is 0 Å². The number of amides is 2. The molecular weight excluding hydrogens is 364 g/mol. The topological polar surface area (TPSA) is 94.2 Å². The molecule has 0 radical (unpaired) electrons. The van der Waals surface area contributed by atoms with Gasteiger partial charge in [0, 0.05) is 19.2 Å². The standard InChI is InChI=1S/C20H28N2O6/c1-19(2,3)28-18(25)21-13-10-12(16(23)27-7)11-14-15(13)20(4,5)17(24)22(14)8-9-26-6/h10-11H,8-9H2,1-7H3,(H,21,25). The summed E-state index contributed by atoms with van der Waals surface area (Å²) in [5, 5.41) is 2.69. The summed E-state index contributed by atoms with van der Waals surface area (Å²) in [5.41, 5.74) is 0.129. The monoisotopic (exact) mass is 392 g/mol. The van der Waals surface area contributed by atoms with Gasteiger partial charge in [-0.25, -0.2) is 9.59 Å². The highest BCUT2D eigenvalue weighted by molar-refractivity contribution is 6.11. The van der Waals surface area contributed by atoms with E-state index in [4.69, 9.17) is 14.2 Å². The molecule has 0 spiro atoms. The molecule has 1 aliphatic rings. The van der Waals surface area contributed by atoms with Gasteiger partial charge in [-0.2, -0.15) is 0 Å². The average molecular weight is 392 g/mol. The molecule has 0 saturated carbocycles. The van der Waals surface area contributed by atoms with Crippen LogP contribution in [0, 0.1) is 0 Å². The van der Waals surface area contributed by atoms with E-state index in [-0.39, 0.29) is 11.5 Å². The van der Waals surface area contributed by atoms with Crippen LogP contribution in [0.3, 0.4) is 0 Å². The number of ether oxygens (including phenoxy) is 3. The minimum absolute atomic E-state index is 0.145. The molecular formula is C20H28N2O6. The lowest BCUT2D eigenvalue weighted by Crippen LogP contribution is -2.38. The minimum Gasteiger partial charge on any atom is -0.465 e. The SMILES string of the molecule is COCCN1C(=O)C(C)(C)c2c(NC(=O)OC(C)(C)C)cc(C(=O)OC)cc21. The van der Waals surface area contributed by atoms with E-state index in [0.29, 0.717) is 30.1 Å². The summed E-state index contributed by atoms with van der Waals surface area (Å²) < 4.78 is 15.3. The summed E-state index contributed by atoms with van der Waals surface area (Å²) in [4.78, 5) is 39.1. The summed E-state index contributed by atoms with van der Waals surface area (Å²) in [6, 6.07) is 3.10. The third kappa shape index (κ3) is 4.27. The van der Waals surface area contributed by atoms with Gasteiger partial charge in [0.1, 0.15) is 5.60 Å². The molecule has 1 heterocycles. The van der Waals surface area contributed by atoms with Crippen molar-refractivity contribution in [1.82, 2.24) is 0 Å². The van der Waals surface area contributed by atoms with E-state index in [9.17, 15) is 14.4 Å². The number of benzene rings is 1. The van der Waals surface area contributed by atoms with Crippen molar-refractivity contribution >= 4 is 29.3 Å². The zero-order valence-corrected chi connectivity index (χ0v) is 17.5. The van der Waals surface area contributed by atoms with Crippen LogP contribution in [-0.4, -0.2) is 50.9 Å². The van der Waals surface area contributed by atoms with Crippen molar-refractivity contribution in [1.29, 1.82) is 0 Å². The Hall–Kier alpha value is -2.61. The smallest absolute Gasteiger partial charge is 0.412 e. The van der Waals surface area contributed by atoms with Crippen LogP contribution in [0.5, 0.6) is 0 Å². The third-order valence-corrected chi connectivity index (χ3v) is 4.39. The van der Waals surface area contributed by atoms with Crippen molar-refractivity contribution in [2.75, 3.05) is 37.6 Å². The maximum Gasteiger partial charge on any atom is 0.412 e. The summed E-state index contributed by atoms with van der Waals surface area (Å²) >= 11 is 0. The number of rotatable bonds is 5. The summed E-state index contributed by atoms with van der Waals surface area (Å²) in [7, 11) is 2.82. The van der Waals surface area contributed by atoms with Crippen LogP contribution in [0.4, 0.5) is 16.2 Å². The zero-order valence-electron chi connectivity index (χ0n) is 17.5. The van der Waals surface area contributed by atoms with Crippen LogP contribution in [0.1, 0.15) is 50.5 Å². The first-order valence-corrected chi connectivity index (χ1v) is 9.00. The molecule has 0 aromatic heterocycles. The van der Waals surface area contributed by atoms with Crippen LogP contribution >= 0.6 is 0 Å². The molecule has 154 valence electrons. The van der Waals surface area contributed by atoms with Gasteiger partial charge < -0.3 is 19.1 Å². The van der Waals surface area contributed by atoms with E-state index in [1.165, 1.54) is 13.2 Å². The van der Waals surface area contributed by atoms with Crippen LogP contribution in [0.2, 0.25) is 0 Å². The lowest BCUT2D eigenvalue weighted by atomic mass is 9.84. The number of methoxy groups -OCH3 is 2. The Morgan fingerprint density at radius 2 is 1.82 bits per heavy atom. The van der Waals surface area contributed by atoms with Crippen LogP contribution in [-0.2, 0) is 24.4 Å². The molecule has 0 aliphatic carbocycles. The number of hydrogen-bond donors (Lipinski definition) is 1. The second-order valence-corrected chi connectivity index (χ2v) is 8.11. The lowest BCUT2D eigenvalue weighted by Gasteiger charge is -2.23. The highest BCUT2D eigenvalue weighted by Gasteiger charge is 2.46. The Kier molecular flexibility index (Phi) is 6.03. The molecule has 8 nitrogen and oxygen atoms in total. The van der Waals surface area contributed by atoms with Crippen molar-refractivity contribution in [3.05, 3.63) is 23.3 Å². The second-order valence-electron chi connectivity index (χ2n) is 8.11. The van der Waals surface area contributed by atoms with Gasteiger partial charge in [-0.1, -0.05) is 0 Å². The van der Waals surface area contributed by atoms with E-state index < -0.39 is 23.1 Å². The molecule has 1 aromatic rings. The molecule has 2 amide bonds. The molecule has 2 rings (SSSR count). The van der Waals surface area contributed by atoms with Crippen molar-refractivity contribution in [3.63, 3.8) is 0 Å². The lowest BCUT2D eigenvalue weighted by molar-refractivity contribution is -0.122. The number of fused-ring (bicyclic) bond motifs is 1. The van der Waals surface area contributed by atoms with Crippen LogP contribution in [0.25, 0.3) is 0 Å². The number of carbonyl (C=O) groups is 3. The predicted molar refractivity (Wildman–Crippen MR) is 105 cm³/mol. The highest BCUT2D eigenvalue weighted by Crippen LogP contribution is 2.46. The summed E-state index contributed by atoms with van der Waals surface area (Å²) in [6.07, 6.45) is -0.671. The largest absolute Gasteiger partial charge is 0.465 e. The Morgan fingerprint density at radius 1 is 1.18 bits per heavy atom. The third-order valence-electron chi connectivity index (χ3n) is 4.39. The van der Waals surface area contributed by atoms with Gasteiger partial charge in [0.15, 0.2) is 0 Å². The van der Waals surface area contributed by atoms with Gasteiger partial charge in [-0.05, 0) is 46.8 Å². The van der Waals surface area contributed by atoms with Gasteiger partial charge >= 0.3 is 12.1 Å². The predicted octanol–water partition coefficient (Wildman–Crippen LogP) is 3.09. The van der Waals surface area contributed by atoms with E-state index in [2.05, 4.69) is 5.32 Å². The molecule has 8 heteroatoms. The highest BCUT2D eigenvalue weighted by atomic mass is 16.6. The summed E-state index contributed by atoms with van der Waals surface area (Å²) in [5.74, 6) is -0.715. The fourth-order valence-electron chi connectivity index (χ4n) is 3.20. The molecule has 0 fully saturated rings. The van der Waals surface area contributed by atoms with Crippen LogP contribution in [0.15, 0.2) is 12.1 Å². The first kappa shape index (κ1) is 21.7. The fourth-order valence-corrected chi connectivity index (χ4v) is 3.20. The fraction of sp³-hybridized carbons (Fsp3) is 0.550. The molecule has 1 aliphatic heterocycles. The first-order valence-electron chi connectivity index (χ1n) is 9.00. The Morgan fingerprint density at radius 3 is 2.36 bits per heavy atom. The molecule has 1 N–H and O–H groups in total. The number of nitrogens with one attached hydrogen (secondary N) is 1. The molecule has 28 heavy (non-hydrogen) atoms.